The largest absolute Gasteiger partial charge is 0.375 e. The third-order valence-corrected chi connectivity index (χ3v) is 4.98. The number of aromatic nitrogens is 2. The molecule has 1 aliphatic heterocycles. The highest BCUT2D eigenvalue weighted by atomic mass is 32.1. The lowest BCUT2D eigenvalue weighted by molar-refractivity contribution is -0.130. The molecule has 0 unspecified atom stereocenters. The topological polar surface area (TPSA) is 75.3 Å². The number of pyridine rings is 1. The van der Waals surface area contributed by atoms with Crippen LogP contribution in [0.2, 0.25) is 0 Å². The molecule has 2 aromatic rings. The Labute approximate surface area is 146 Å². The Morgan fingerprint density at radius 1 is 1.33 bits per heavy atom. The van der Waals surface area contributed by atoms with Crippen LogP contribution in [0.4, 0.5) is 10.8 Å². The normalized spacial score (nSPS) is 15.4. The lowest BCUT2D eigenvalue weighted by atomic mass is 10.2. The van der Waals surface area contributed by atoms with Crippen molar-refractivity contribution >= 4 is 28.1 Å². The molecule has 0 saturated carbocycles. The highest BCUT2D eigenvalue weighted by molar-refractivity contribution is 7.13. The van der Waals surface area contributed by atoms with Crippen molar-refractivity contribution in [3.05, 3.63) is 35.1 Å². The summed E-state index contributed by atoms with van der Waals surface area (Å²) >= 11 is 1.42. The first kappa shape index (κ1) is 16.7. The summed E-state index contributed by atoms with van der Waals surface area (Å²) in [6, 6.07) is 4.14. The molecule has 0 radical (unpaired) electrons. The van der Waals surface area contributed by atoms with Gasteiger partial charge in [0.25, 0.3) is 0 Å². The van der Waals surface area contributed by atoms with Gasteiger partial charge in [-0.15, -0.1) is 11.3 Å². The summed E-state index contributed by atoms with van der Waals surface area (Å²) < 4.78 is 0. The first-order chi connectivity index (χ1) is 11.6. The molecule has 0 aliphatic carbocycles. The van der Waals surface area contributed by atoms with Crippen LogP contribution in [0.25, 0.3) is 0 Å². The summed E-state index contributed by atoms with van der Waals surface area (Å²) in [6.07, 6.45) is 3.99. The Balaban J connectivity index is 1.53. The minimum absolute atomic E-state index is 0.203. The zero-order valence-electron chi connectivity index (χ0n) is 13.9. The van der Waals surface area contributed by atoms with Gasteiger partial charge in [0.05, 0.1) is 5.69 Å². The number of anilines is 2. The number of hydrogen-bond acceptors (Lipinski definition) is 6. The fraction of sp³-hybridized carbons (Fsp3) is 0.471. The van der Waals surface area contributed by atoms with E-state index in [9.17, 15) is 4.79 Å². The Bertz CT molecular complexity index is 702. The highest BCUT2D eigenvalue weighted by Crippen LogP contribution is 2.18. The Morgan fingerprint density at radius 2 is 2.21 bits per heavy atom. The van der Waals surface area contributed by atoms with Gasteiger partial charge in [-0.25, -0.2) is 4.98 Å². The number of carbonyl (C=O) groups is 1. The molecule has 1 aliphatic rings. The Kier molecular flexibility index (Phi) is 5.30. The predicted octanol–water partition coefficient (Wildman–Crippen LogP) is 2.10. The van der Waals surface area contributed by atoms with Crippen LogP contribution in [-0.2, 0) is 11.2 Å². The summed E-state index contributed by atoms with van der Waals surface area (Å²) in [5, 5.41) is 2.49. The molecule has 0 atom stereocenters. The molecule has 2 N–H and O–H groups in total. The monoisotopic (exact) mass is 345 g/mol. The van der Waals surface area contributed by atoms with Gasteiger partial charge in [-0.3, -0.25) is 9.78 Å². The van der Waals surface area contributed by atoms with Gasteiger partial charge in [0.1, 0.15) is 0 Å². The van der Waals surface area contributed by atoms with Gasteiger partial charge in [0, 0.05) is 55.6 Å². The van der Waals surface area contributed by atoms with Crippen LogP contribution in [0.15, 0.2) is 23.7 Å². The second kappa shape index (κ2) is 7.61. The number of nitrogen functional groups attached to an aromatic ring is 1. The molecule has 1 fully saturated rings. The van der Waals surface area contributed by atoms with Crippen molar-refractivity contribution in [2.75, 3.05) is 36.8 Å². The molecule has 6 nitrogen and oxygen atoms in total. The van der Waals surface area contributed by atoms with E-state index in [0.717, 1.165) is 44.0 Å². The van der Waals surface area contributed by atoms with Gasteiger partial charge in [0.2, 0.25) is 5.91 Å². The second-order valence-corrected chi connectivity index (χ2v) is 6.94. The number of carbonyl (C=O) groups excluding carboxylic acids is 1. The van der Waals surface area contributed by atoms with Gasteiger partial charge < -0.3 is 15.5 Å². The number of hydrogen-bond donors (Lipinski definition) is 1. The van der Waals surface area contributed by atoms with Gasteiger partial charge in [0.15, 0.2) is 5.13 Å². The molecule has 3 rings (SSSR count). The molecule has 2 aromatic heterocycles. The summed E-state index contributed by atoms with van der Waals surface area (Å²) in [4.78, 5) is 25.3. The molecule has 1 amide bonds. The van der Waals surface area contributed by atoms with Crippen LogP contribution < -0.4 is 10.6 Å². The molecule has 7 heteroatoms. The molecule has 0 bridgehead atoms. The summed E-state index contributed by atoms with van der Waals surface area (Å²) in [7, 11) is 0. The zero-order chi connectivity index (χ0) is 16.9. The van der Waals surface area contributed by atoms with E-state index in [1.807, 2.05) is 29.5 Å². The average Bonchev–Trinajstić information content (AvgIpc) is 2.84. The van der Waals surface area contributed by atoms with Crippen LogP contribution in [0.3, 0.4) is 0 Å². The van der Waals surface area contributed by atoms with Crippen molar-refractivity contribution in [1.82, 2.24) is 14.9 Å². The van der Waals surface area contributed by atoms with Crippen molar-refractivity contribution in [2.45, 2.75) is 26.2 Å². The van der Waals surface area contributed by atoms with E-state index < -0.39 is 0 Å². The van der Waals surface area contributed by atoms with Crippen molar-refractivity contribution < 1.29 is 4.79 Å². The number of amides is 1. The molecular weight excluding hydrogens is 322 g/mol. The van der Waals surface area contributed by atoms with Crippen LogP contribution >= 0.6 is 11.3 Å². The van der Waals surface area contributed by atoms with Gasteiger partial charge in [-0.2, -0.15) is 0 Å². The fourth-order valence-corrected chi connectivity index (χ4v) is 3.58. The SMILES string of the molecule is Cc1cc(N2CCCN(C(=O)CCc3csc(N)n3)CC2)ccn1. The molecular formula is C17H23N5OS. The predicted molar refractivity (Wildman–Crippen MR) is 97.2 cm³/mol. The van der Waals surface area contributed by atoms with Crippen LogP contribution in [0.5, 0.6) is 0 Å². The van der Waals surface area contributed by atoms with Crippen molar-refractivity contribution in [2.24, 2.45) is 0 Å². The average molecular weight is 345 g/mol. The standard InChI is InChI=1S/C17H23N5OS/c1-13-11-15(5-6-19-13)21-7-2-8-22(10-9-21)16(23)4-3-14-12-24-17(18)20-14/h5-6,11-12H,2-4,7-10H2,1H3,(H2,18,20). The smallest absolute Gasteiger partial charge is 0.223 e. The van der Waals surface area contributed by atoms with Crippen molar-refractivity contribution in [3.63, 3.8) is 0 Å². The molecule has 128 valence electrons. The van der Waals surface area contributed by atoms with Gasteiger partial charge in [-0.05, 0) is 31.9 Å². The number of thiazole rings is 1. The van der Waals surface area contributed by atoms with E-state index in [0.29, 0.717) is 18.0 Å². The maximum atomic E-state index is 12.5. The van der Waals surface area contributed by atoms with E-state index in [4.69, 9.17) is 5.73 Å². The molecule has 1 saturated heterocycles. The lowest BCUT2D eigenvalue weighted by Gasteiger charge is -2.24. The van der Waals surface area contributed by atoms with Gasteiger partial charge >= 0.3 is 0 Å². The minimum Gasteiger partial charge on any atom is -0.375 e. The maximum absolute atomic E-state index is 12.5. The summed E-state index contributed by atoms with van der Waals surface area (Å²) in [5.74, 6) is 0.203. The van der Waals surface area contributed by atoms with Crippen LogP contribution in [0, 0.1) is 6.92 Å². The van der Waals surface area contributed by atoms with E-state index >= 15 is 0 Å². The summed E-state index contributed by atoms with van der Waals surface area (Å²) in [6.45, 7) is 5.41. The maximum Gasteiger partial charge on any atom is 0.223 e. The third-order valence-electron chi connectivity index (χ3n) is 4.26. The molecule has 0 spiro atoms. The number of nitrogens with two attached hydrogens (primary N) is 1. The molecule has 0 aromatic carbocycles. The summed E-state index contributed by atoms with van der Waals surface area (Å²) in [5.41, 5.74) is 8.75. The van der Waals surface area contributed by atoms with Crippen molar-refractivity contribution in [1.29, 1.82) is 0 Å². The Hall–Kier alpha value is -2.15. The minimum atomic E-state index is 0.203. The third kappa shape index (κ3) is 4.23. The van der Waals surface area contributed by atoms with E-state index in [-0.39, 0.29) is 5.91 Å². The zero-order valence-corrected chi connectivity index (χ0v) is 14.8. The van der Waals surface area contributed by atoms with E-state index in [1.54, 1.807) is 0 Å². The first-order valence-corrected chi connectivity index (χ1v) is 9.15. The molecule has 3 heterocycles. The first-order valence-electron chi connectivity index (χ1n) is 8.27. The second-order valence-electron chi connectivity index (χ2n) is 6.05. The fourth-order valence-electron chi connectivity index (χ4n) is 2.98. The number of rotatable bonds is 4. The number of nitrogens with zero attached hydrogens (tertiary/aromatic N) is 4. The van der Waals surface area contributed by atoms with E-state index in [2.05, 4.69) is 20.9 Å². The lowest BCUT2D eigenvalue weighted by Crippen LogP contribution is -2.35. The quantitative estimate of drug-likeness (QED) is 0.918. The number of aryl methyl sites for hydroxylation is 2. The highest BCUT2D eigenvalue weighted by Gasteiger charge is 2.19. The van der Waals surface area contributed by atoms with Crippen LogP contribution in [0.1, 0.15) is 24.2 Å². The Morgan fingerprint density at radius 3 is 2.96 bits per heavy atom. The van der Waals surface area contributed by atoms with Crippen molar-refractivity contribution in [3.8, 4) is 0 Å². The van der Waals surface area contributed by atoms with Crippen LogP contribution in [-0.4, -0.2) is 47.0 Å². The van der Waals surface area contributed by atoms with Gasteiger partial charge in [-0.1, -0.05) is 0 Å². The van der Waals surface area contributed by atoms with E-state index in [1.165, 1.54) is 17.0 Å². The molecule has 24 heavy (non-hydrogen) atoms.